The monoisotopic (exact) mass is 414 g/mol. The lowest BCUT2D eigenvalue weighted by molar-refractivity contribution is -0.142. The van der Waals surface area contributed by atoms with Crippen molar-refractivity contribution in [1.82, 2.24) is 4.90 Å². The zero-order valence-corrected chi connectivity index (χ0v) is 18.3. The quantitative estimate of drug-likeness (QED) is 0.557. The Balaban J connectivity index is 2.28. The molecule has 0 bridgehead atoms. The summed E-state index contributed by atoms with van der Waals surface area (Å²) >= 11 is 5.64. The van der Waals surface area contributed by atoms with Crippen LogP contribution in [-0.2, 0) is 11.3 Å². The first-order chi connectivity index (χ1) is 13.8. The second kappa shape index (κ2) is 10.8. The van der Waals surface area contributed by atoms with Gasteiger partial charge in [-0.25, -0.2) is 4.79 Å². The summed E-state index contributed by atoms with van der Waals surface area (Å²) in [5, 5.41) is 13.5. The molecule has 0 aliphatic rings. The number of hydrogen-bond donors (Lipinski definition) is 2. The van der Waals surface area contributed by atoms with Crippen LogP contribution in [0.1, 0.15) is 38.3 Å². The number of rotatable bonds is 9. The average molecular weight is 415 g/mol. The Hall–Kier alpha value is -2.60. The third-order valence-corrected chi connectivity index (χ3v) is 4.81. The summed E-state index contributed by atoms with van der Waals surface area (Å²) < 4.78 is 5.50. The van der Waals surface area contributed by atoms with Gasteiger partial charge in [-0.05, 0) is 73.8 Å². The largest absolute Gasteiger partial charge is 0.494 e. The predicted octanol–water partition coefficient (Wildman–Crippen LogP) is 5.09. The highest BCUT2D eigenvalue weighted by Crippen LogP contribution is 2.20. The van der Waals surface area contributed by atoms with Crippen molar-refractivity contribution >= 4 is 29.0 Å². The summed E-state index contributed by atoms with van der Waals surface area (Å²) in [7, 11) is 0. The number of hydrogen-bond acceptors (Lipinski definition) is 3. The minimum absolute atomic E-state index is 0.223. The van der Waals surface area contributed by atoms with E-state index in [0.29, 0.717) is 24.7 Å². The average Bonchev–Trinajstić information content (AvgIpc) is 2.65. The first-order valence-electron chi connectivity index (χ1n) is 9.89. The van der Waals surface area contributed by atoms with Crippen molar-refractivity contribution in [2.75, 3.05) is 11.9 Å². The Kier molecular flexibility index (Phi) is 8.46. The molecule has 0 aliphatic carbocycles. The Labute approximate surface area is 178 Å². The van der Waals surface area contributed by atoms with Gasteiger partial charge in [0.25, 0.3) is 0 Å². The summed E-state index contributed by atoms with van der Waals surface area (Å²) in [5.41, 5.74) is 2.92. The fourth-order valence-electron chi connectivity index (χ4n) is 3.10. The normalized spacial score (nSPS) is 11.8. The van der Waals surface area contributed by atoms with Gasteiger partial charge in [-0.15, -0.1) is 0 Å². The molecule has 0 radical (unpaired) electrons. The molecule has 0 aliphatic heterocycles. The molecular weight excluding hydrogens is 384 g/mol. The van der Waals surface area contributed by atoms with E-state index in [-0.39, 0.29) is 5.92 Å². The van der Waals surface area contributed by atoms with E-state index in [1.54, 1.807) is 4.90 Å². The van der Waals surface area contributed by atoms with Gasteiger partial charge in [0, 0.05) is 12.2 Å². The molecule has 156 valence electrons. The Morgan fingerprint density at radius 1 is 1.21 bits per heavy atom. The van der Waals surface area contributed by atoms with Crippen LogP contribution in [0, 0.1) is 12.8 Å². The van der Waals surface area contributed by atoms with Gasteiger partial charge >= 0.3 is 5.97 Å². The van der Waals surface area contributed by atoms with E-state index in [0.717, 1.165) is 22.6 Å². The van der Waals surface area contributed by atoms with Gasteiger partial charge in [0.1, 0.15) is 11.8 Å². The Morgan fingerprint density at radius 2 is 1.90 bits per heavy atom. The van der Waals surface area contributed by atoms with Gasteiger partial charge in [-0.1, -0.05) is 38.1 Å². The molecule has 0 fully saturated rings. The number of nitrogens with zero attached hydrogens (tertiary/aromatic N) is 1. The van der Waals surface area contributed by atoms with E-state index in [9.17, 15) is 9.90 Å². The van der Waals surface area contributed by atoms with Crippen molar-refractivity contribution in [3.8, 4) is 5.75 Å². The first-order valence-corrected chi connectivity index (χ1v) is 10.3. The lowest BCUT2D eigenvalue weighted by Gasteiger charge is -2.32. The molecule has 0 amide bonds. The standard InChI is InChI=1S/C23H30N2O3S/c1-5-28-20-11-9-18(10-12-20)15-25(21(22(26)27)13-16(2)3)23(29)24-19-8-6-7-17(4)14-19/h6-12,14,16,21H,5,13,15H2,1-4H3,(H,24,29)(H,26,27)/t21-/m1/s1. The lowest BCUT2D eigenvalue weighted by atomic mass is 10.0. The third-order valence-electron chi connectivity index (χ3n) is 4.47. The molecule has 0 aromatic heterocycles. The van der Waals surface area contributed by atoms with Gasteiger partial charge in [-0.3, -0.25) is 0 Å². The molecule has 5 nitrogen and oxygen atoms in total. The predicted molar refractivity (Wildman–Crippen MR) is 121 cm³/mol. The fraction of sp³-hybridized carbons (Fsp3) is 0.391. The molecule has 2 aromatic carbocycles. The smallest absolute Gasteiger partial charge is 0.326 e. The number of ether oxygens (including phenoxy) is 1. The van der Waals surface area contributed by atoms with E-state index >= 15 is 0 Å². The number of aryl methyl sites for hydroxylation is 1. The molecule has 0 saturated heterocycles. The van der Waals surface area contributed by atoms with Crippen LogP contribution in [0.3, 0.4) is 0 Å². The number of carboxylic acid groups (broad SMARTS) is 1. The fourth-order valence-corrected chi connectivity index (χ4v) is 3.41. The van der Waals surface area contributed by atoms with E-state index in [1.165, 1.54) is 0 Å². The summed E-state index contributed by atoms with van der Waals surface area (Å²) in [6.45, 7) is 8.97. The number of carboxylic acids is 1. The van der Waals surface area contributed by atoms with Crippen molar-refractivity contribution in [2.24, 2.45) is 5.92 Å². The van der Waals surface area contributed by atoms with Crippen LogP contribution in [0.4, 0.5) is 5.69 Å². The number of nitrogens with one attached hydrogen (secondary N) is 1. The molecule has 0 unspecified atom stereocenters. The van der Waals surface area contributed by atoms with Gasteiger partial charge < -0.3 is 20.1 Å². The summed E-state index contributed by atoms with van der Waals surface area (Å²) in [5.74, 6) is 0.138. The van der Waals surface area contributed by atoms with Crippen molar-refractivity contribution in [2.45, 2.75) is 46.7 Å². The number of aliphatic carboxylic acids is 1. The first kappa shape index (κ1) is 22.7. The maximum atomic E-state index is 12.1. The van der Waals surface area contributed by atoms with Gasteiger partial charge in [0.2, 0.25) is 0 Å². The van der Waals surface area contributed by atoms with Gasteiger partial charge in [0.05, 0.1) is 6.61 Å². The SMILES string of the molecule is CCOc1ccc(CN(C(=S)Nc2cccc(C)c2)[C@H](CC(C)C)C(=O)O)cc1. The summed E-state index contributed by atoms with van der Waals surface area (Å²) in [4.78, 5) is 13.8. The molecular formula is C23H30N2O3S. The minimum atomic E-state index is -0.877. The second-order valence-corrected chi connectivity index (χ2v) is 7.87. The molecule has 1 atom stereocenters. The number of benzene rings is 2. The van der Waals surface area contributed by atoms with Crippen molar-refractivity contribution in [3.05, 3.63) is 59.7 Å². The molecule has 0 spiro atoms. The van der Waals surface area contributed by atoms with E-state index in [2.05, 4.69) is 5.32 Å². The highest BCUT2D eigenvalue weighted by atomic mass is 32.1. The molecule has 2 N–H and O–H groups in total. The van der Waals surface area contributed by atoms with Crippen LogP contribution >= 0.6 is 12.2 Å². The second-order valence-electron chi connectivity index (χ2n) is 7.49. The van der Waals surface area contributed by atoms with E-state index in [1.807, 2.05) is 76.2 Å². The molecule has 6 heteroatoms. The van der Waals surface area contributed by atoms with Crippen molar-refractivity contribution in [3.63, 3.8) is 0 Å². The summed E-state index contributed by atoms with van der Waals surface area (Å²) in [6.07, 6.45) is 0.502. The number of carbonyl (C=O) groups is 1. The van der Waals surface area contributed by atoms with Crippen LogP contribution in [0.2, 0.25) is 0 Å². The van der Waals surface area contributed by atoms with E-state index < -0.39 is 12.0 Å². The van der Waals surface area contributed by atoms with Crippen molar-refractivity contribution in [1.29, 1.82) is 0 Å². The van der Waals surface area contributed by atoms with E-state index in [4.69, 9.17) is 17.0 Å². The lowest BCUT2D eigenvalue weighted by Crippen LogP contribution is -2.47. The van der Waals surface area contributed by atoms with Gasteiger partial charge in [-0.2, -0.15) is 0 Å². The van der Waals surface area contributed by atoms with Crippen LogP contribution in [0.25, 0.3) is 0 Å². The Bertz CT molecular complexity index is 821. The molecule has 0 heterocycles. The maximum absolute atomic E-state index is 12.1. The van der Waals surface area contributed by atoms with Gasteiger partial charge in [0.15, 0.2) is 5.11 Å². The molecule has 2 rings (SSSR count). The maximum Gasteiger partial charge on any atom is 0.326 e. The van der Waals surface area contributed by atoms with Crippen LogP contribution in [0.5, 0.6) is 5.75 Å². The molecule has 0 saturated carbocycles. The minimum Gasteiger partial charge on any atom is -0.494 e. The molecule has 29 heavy (non-hydrogen) atoms. The molecule has 2 aromatic rings. The highest BCUT2D eigenvalue weighted by molar-refractivity contribution is 7.80. The zero-order chi connectivity index (χ0) is 21.4. The van der Waals surface area contributed by atoms with Crippen LogP contribution < -0.4 is 10.1 Å². The summed E-state index contributed by atoms with van der Waals surface area (Å²) in [6, 6.07) is 14.8. The van der Waals surface area contributed by atoms with Crippen LogP contribution in [-0.4, -0.2) is 33.7 Å². The number of thiocarbonyl (C=S) groups is 1. The highest BCUT2D eigenvalue weighted by Gasteiger charge is 2.28. The third kappa shape index (κ3) is 7.06. The van der Waals surface area contributed by atoms with Crippen LogP contribution in [0.15, 0.2) is 48.5 Å². The Morgan fingerprint density at radius 3 is 2.45 bits per heavy atom. The van der Waals surface area contributed by atoms with Crippen molar-refractivity contribution < 1.29 is 14.6 Å². The zero-order valence-electron chi connectivity index (χ0n) is 17.5. The number of anilines is 1. The topological polar surface area (TPSA) is 61.8 Å².